The Morgan fingerprint density at radius 2 is 1.58 bits per heavy atom. The Labute approximate surface area is 216 Å². The molecule has 1 heterocycles. The Bertz CT molecular complexity index is 1150. The second-order valence-electron chi connectivity index (χ2n) is 11.6. The number of unbranched alkanes of at least 4 members (excludes halogenated alkanes) is 1. The third-order valence-electron chi connectivity index (χ3n) is 6.75. The van der Waals surface area contributed by atoms with Crippen molar-refractivity contribution in [1.29, 1.82) is 0 Å². The third-order valence-corrected chi connectivity index (χ3v) is 6.75. The van der Waals surface area contributed by atoms with Gasteiger partial charge in [0.15, 0.2) is 0 Å². The van der Waals surface area contributed by atoms with Crippen molar-refractivity contribution in [2.75, 3.05) is 13.2 Å². The second-order valence-corrected chi connectivity index (χ2v) is 11.6. The van der Waals surface area contributed by atoms with Crippen LogP contribution in [0.3, 0.4) is 0 Å². The largest absolute Gasteiger partial charge is 0.507 e. The SMILES string of the molecule is CCCCN1C(=O)C(=O)/C(=C(\O)c2ccc(OCC)c(C(C)(C)C)c2)C1c1ccc(C(C)(C)C)cc1. The second kappa shape index (κ2) is 10.5. The first kappa shape index (κ1) is 27.5. The number of amides is 1. The number of benzene rings is 2. The van der Waals surface area contributed by atoms with Crippen molar-refractivity contribution in [3.63, 3.8) is 0 Å². The highest BCUT2D eigenvalue weighted by Gasteiger charge is 2.45. The molecule has 2 aromatic carbocycles. The molecule has 5 heteroatoms. The number of Topliss-reactive ketones (excluding diaryl/α,β-unsaturated/α-hetero) is 1. The van der Waals surface area contributed by atoms with Gasteiger partial charge in [0.25, 0.3) is 11.7 Å². The molecule has 5 nitrogen and oxygen atoms in total. The van der Waals surface area contributed by atoms with Crippen LogP contribution in [0.15, 0.2) is 48.0 Å². The van der Waals surface area contributed by atoms with Crippen LogP contribution in [0.1, 0.15) is 96.5 Å². The summed E-state index contributed by atoms with van der Waals surface area (Å²) in [6, 6.07) is 12.9. The molecule has 1 atom stereocenters. The predicted octanol–water partition coefficient (Wildman–Crippen LogP) is 6.90. The topological polar surface area (TPSA) is 66.8 Å². The van der Waals surface area contributed by atoms with Crippen LogP contribution in [-0.4, -0.2) is 34.8 Å². The average Bonchev–Trinajstić information content (AvgIpc) is 3.06. The Kier molecular flexibility index (Phi) is 8.02. The van der Waals surface area contributed by atoms with Gasteiger partial charge in [0, 0.05) is 17.7 Å². The van der Waals surface area contributed by atoms with Crippen molar-refractivity contribution in [3.8, 4) is 5.75 Å². The number of carbonyl (C=O) groups excluding carboxylic acids is 2. The molecule has 1 aliphatic heterocycles. The maximum atomic E-state index is 13.3. The monoisotopic (exact) mass is 491 g/mol. The van der Waals surface area contributed by atoms with Gasteiger partial charge < -0.3 is 14.7 Å². The molecule has 1 saturated heterocycles. The number of likely N-dealkylation sites (tertiary alicyclic amines) is 1. The summed E-state index contributed by atoms with van der Waals surface area (Å²) in [6.07, 6.45) is 1.67. The van der Waals surface area contributed by atoms with Gasteiger partial charge in [-0.3, -0.25) is 9.59 Å². The van der Waals surface area contributed by atoms with Crippen molar-refractivity contribution >= 4 is 17.4 Å². The van der Waals surface area contributed by atoms with Gasteiger partial charge in [-0.2, -0.15) is 0 Å². The van der Waals surface area contributed by atoms with Gasteiger partial charge in [-0.15, -0.1) is 0 Å². The summed E-state index contributed by atoms with van der Waals surface area (Å²) in [5.74, 6) is -0.596. The molecule has 2 aromatic rings. The Balaban J connectivity index is 2.19. The summed E-state index contributed by atoms with van der Waals surface area (Å²) in [5, 5.41) is 11.5. The lowest BCUT2D eigenvalue weighted by Gasteiger charge is -2.27. The van der Waals surface area contributed by atoms with E-state index in [4.69, 9.17) is 4.74 Å². The van der Waals surface area contributed by atoms with E-state index in [1.807, 2.05) is 43.3 Å². The fraction of sp³-hybridized carbons (Fsp3) is 0.484. The Morgan fingerprint density at radius 1 is 0.944 bits per heavy atom. The summed E-state index contributed by atoms with van der Waals surface area (Å²) in [4.78, 5) is 28.1. The van der Waals surface area contributed by atoms with Crippen LogP contribution < -0.4 is 4.74 Å². The first-order chi connectivity index (χ1) is 16.8. The molecule has 36 heavy (non-hydrogen) atoms. The summed E-state index contributed by atoms with van der Waals surface area (Å²) in [5.41, 5.74) is 3.31. The number of rotatable bonds is 7. The van der Waals surface area contributed by atoms with E-state index >= 15 is 0 Å². The predicted molar refractivity (Wildman–Crippen MR) is 145 cm³/mol. The molecule has 194 valence electrons. The number of hydrogen-bond donors (Lipinski definition) is 1. The molecule has 0 aliphatic carbocycles. The molecule has 1 fully saturated rings. The lowest BCUT2D eigenvalue weighted by atomic mass is 9.84. The average molecular weight is 492 g/mol. The van der Waals surface area contributed by atoms with Gasteiger partial charge in [-0.05, 0) is 53.5 Å². The fourth-order valence-electron chi connectivity index (χ4n) is 4.65. The molecule has 0 radical (unpaired) electrons. The van der Waals surface area contributed by atoms with Crippen LogP contribution in [0.5, 0.6) is 5.75 Å². The number of carbonyl (C=O) groups is 2. The molecule has 0 spiro atoms. The van der Waals surface area contributed by atoms with Crippen LogP contribution in [0.2, 0.25) is 0 Å². The highest BCUT2D eigenvalue weighted by molar-refractivity contribution is 6.46. The van der Waals surface area contributed by atoms with Crippen molar-refractivity contribution < 1.29 is 19.4 Å². The summed E-state index contributed by atoms with van der Waals surface area (Å²) < 4.78 is 5.83. The van der Waals surface area contributed by atoms with E-state index in [-0.39, 0.29) is 22.2 Å². The minimum atomic E-state index is -0.639. The van der Waals surface area contributed by atoms with Gasteiger partial charge in [0.05, 0.1) is 18.2 Å². The molecule has 1 N–H and O–H groups in total. The van der Waals surface area contributed by atoms with Gasteiger partial charge in [-0.25, -0.2) is 0 Å². The first-order valence-electron chi connectivity index (χ1n) is 13.0. The van der Waals surface area contributed by atoms with Gasteiger partial charge in [0.2, 0.25) is 0 Å². The summed E-state index contributed by atoms with van der Waals surface area (Å²) >= 11 is 0. The van der Waals surface area contributed by atoms with Crippen LogP contribution >= 0.6 is 0 Å². The van der Waals surface area contributed by atoms with Crippen molar-refractivity contribution in [2.45, 2.75) is 85.1 Å². The highest BCUT2D eigenvalue weighted by Crippen LogP contribution is 2.41. The maximum absolute atomic E-state index is 13.3. The minimum absolute atomic E-state index is 0.0196. The molecule has 0 saturated carbocycles. The highest BCUT2D eigenvalue weighted by atomic mass is 16.5. The smallest absolute Gasteiger partial charge is 0.295 e. The van der Waals surface area contributed by atoms with Gasteiger partial charge in [-0.1, -0.05) is 79.2 Å². The molecular formula is C31H41NO4. The van der Waals surface area contributed by atoms with E-state index in [9.17, 15) is 14.7 Å². The molecule has 0 bridgehead atoms. The zero-order chi connectivity index (χ0) is 26.8. The minimum Gasteiger partial charge on any atom is -0.507 e. The molecule has 1 aliphatic rings. The molecule has 0 aromatic heterocycles. The number of nitrogens with zero attached hydrogens (tertiary/aromatic N) is 1. The van der Waals surface area contributed by atoms with E-state index in [1.54, 1.807) is 11.0 Å². The zero-order valence-electron chi connectivity index (χ0n) is 23.1. The molecule has 3 rings (SSSR count). The van der Waals surface area contributed by atoms with Crippen molar-refractivity contribution in [3.05, 3.63) is 70.3 Å². The van der Waals surface area contributed by atoms with E-state index in [0.29, 0.717) is 18.7 Å². The van der Waals surface area contributed by atoms with Gasteiger partial charge >= 0.3 is 0 Å². The number of aliphatic hydroxyl groups excluding tert-OH is 1. The van der Waals surface area contributed by atoms with E-state index in [1.165, 1.54) is 0 Å². The Hall–Kier alpha value is -3.08. The van der Waals surface area contributed by atoms with Gasteiger partial charge in [0.1, 0.15) is 11.5 Å². The molecular weight excluding hydrogens is 450 g/mol. The standard InChI is InChI=1S/C31H41NO4/c1-9-11-18-32-26(20-12-15-22(16-13-20)30(3,4)5)25(28(34)29(32)35)27(33)21-14-17-24(36-10-2)23(19-21)31(6,7)8/h12-17,19,26,33H,9-11,18H2,1-8H3/b27-25-. The summed E-state index contributed by atoms with van der Waals surface area (Å²) in [6.45, 7) is 17.7. The third kappa shape index (κ3) is 5.50. The van der Waals surface area contributed by atoms with Crippen LogP contribution in [0, 0.1) is 0 Å². The van der Waals surface area contributed by atoms with Crippen molar-refractivity contribution in [2.24, 2.45) is 0 Å². The van der Waals surface area contributed by atoms with Crippen molar-refractivity contribution in [1.82, 2.24) is 4.90 Å². The van der Waals surface area contributed by atoms with Crippen LogP contribution in [0.25, 0.3) is 5.76 Å². The fourth-order valence-corrected chi connectivity index (χ4v) is 4.65. The van der Waals surface area contributed by atoms with E-state index in [0.717, 1.165) is 35.3 Å². The lowest BCUT2D eigenvalue weighted by molar-refractivity contribution is -0.139. The zero-order valence-corrected chi connectivity index (χ0v) is 23.1. The molecule has 1 amide bonds. The first-order valence-corrected chi connectivity index (χ1v) is 13.0. The lowest BCUT2D eigenvalue weighted by Crippen LogP contribution is -2.30. The van der Waals surface area contributed by atoms with Crippen LogP contribution in [0.4, 0.5) is 0 Å². The Morgan fingerprint density at radius 3 is 2.11 bits per heavy atom. The number of hydrogen-bond acceptors (Lipinski definition) is 4. The number of aliphatic hydroxyl groups is 1. The maximum Gasteiger partial charge on any atom is 0.295 e. The number of ether oxygens (including phenoxy) is 1. The summed E-state index contributed by atoms with van der Waals surface area (Å²) in [7, 11) is 0. The normalized spacial score (nSPS) is 18.1. The van der Waals surface area contributed by atoms with E-state index < -0.39 is 17.7 Å². The molecule has 1 unspecified atom stereocenters. The van der Waals surface area contributed by atoms with Crippen LogP contribution in [-0.2, 0) is 20.4 Å². The number of ketones is 1. The quantitative estimate of drug-likeness (QED) is 0.260. The van der Waals surface area contributed by atoms with E-state index in [2.05, 4.69) is 48.5 Å².